The lowest BCUT2D eigenvalue weighted by Crippen LogP contribution is -2.17. The Morgan fingerprint density at radius 3 is 2.83 bits per heavy atom. The van der Waals surface area contributed by atoms with Crippen LogP contribution in [0.4, 0.5) is 5.82 Å². The molecule has 0 amide bonds. The molecular weight excluding hydrogens is 228 g/mol. The third-order valence-electron chi connectivity index (χ3n) is 3.53. The van der Waals surface area contributed by atoms with Crippen LogP contribution in [0.2, 0.25) is 0 Å². The molecule has 0 aliphatic heterocycles. The van der Waals surface area contributed by atoms with Crippen molar-refractivity contribution in [3.8, 4) is 0 Å². The van der Waals surface area contributed by atoms with Crippen LogP contribution >= 0.6 is 0 Å². The zero-order valence-corrected chi connectivity index (χ0v) is 10.9. The number of carbonyl (C=O) groups is 1. The fourth-order valence-electron chi connectivity index (χ4n) is 2.51. The quantitative estimate of drug-likeness (QED) is 0.860. The minimum absolute atomic E-state index is 0.315. The zero-order valence-electron chi connectivity index (χ0n) is 10.9. The first-order chi connectivity index (χ1) is 8.58. The monoisotopic (exact) mass is 248 g/mol. The van der Waals surface area contributed by atoms with Crippen LogP contribution in [0.5, 0.6) is 0 Å². The Bertz CT molecular complexity index is 445. The third-order valence-corrected chi connectivity index (χ3v) is 3.53. The van der Waals surface area contributed by atoms with E-state index in [1.54, 1.807) is 12.1 Å². The van der Waals surface area contributed by atoms with E-state index < -0.39 is 5.97 Å². The van der Waals surface area contributed by atoms with Gasteiger partial charge in [-0.3, -0.25) is 0 Å². The molecule has 1 aliphatic rings. The maximum atomic E-state index is 11.1. The molecule has 0 spiro atoms. The Morgan fingerprint density at radius 1 is 1.50 bits per heavy atom. The first kappa shape index (κ1) is 12.9. The van der Waals surface area contributed by atoms with Gasteiger partial charge in [-0.15, -0.1) is 0 Å². The van der Waals surface area contributed by atoms with Crippen LogP contribution in [-0.2, 0) is 6.42 Å². The first-order valence-corrected chi connectivity index (χ1v) is 6.59. The molecule has 1 heterocycles. The highest BCUT2D eigenvalue weighted by Gasteiger charge is 2.21. The van der Waals surface area contributed by atoms with Gasteiger partial charge in [0.15, 0.2) is 0 Å². The molecule has 4 nitrogen and oxygen atoms in total. The number of hydrogen-bond donors (Lipinski definition) is 2. The molecule has 1 aromatic heterocycles. The Kier molecular flexibility index (Phi) is 3.84. The minimum Gasteiger partial charge on any atom is -0.478 e. The summed E-state index contributed by atoms with van der Waals surface area (Å²) in [7, 11) is 0. The van der Waals surface area contributed by atoms with E-state index in [0.29, 0.717) is 17.4 Å². The molecule has 2 rings (SSSR count). The molecule has 1 fully saturated rings. The van der Waals surface area contributed by atoms with Gasteiger partial charge in [-0.05, 0) is 43.7 Å². The SMILES string of the molecule is CCc1cc(C(=O)O)cc(NC2CCC(C)C2)n1. The van der Waals surface area contributed by atoms with E-state index in [0.717, 1.165) is 30.9 Å². The lowest BCUT2D eigenvalue weighted by molar-refractivity contribution is 0.0696. The van der Waals surface area contributed by atoms with Gasteiger partial charge >= 0.3 is 5.97 Å². The molecular formula is C14H20N2O2. The summed E-state index contributed by atoms with van der Waals surface area (Å²) in [5, 5.41) is 12.4. The number of aryl methyl sites for hydroxylation is 1. The number of hydrogen-bond acceptors (Lipinski definition) is 3. The molecule has 0 radical (unpaired) electrons. The summed E-state index contributed by atoms with van der Waals surface area (Å²) in [5.41, 5.74) is 1.14. The number of carboxylic acids is 1. The van der Waals surface area contributed by atoms with Gasteiger partial charge in [0.2, 0.25) is 0 Å². The molecule has 4 heteroatoms. The maximum Gasteiger partial charge on any atom is 0.335 e. The Hall–Kier alpha value is -1.58. The molecule has 1 aliphatic carbocycles. The van der Waals surface area contributed by atoms with E-state index in [-0.39, 0.29) is 0 Å². The van der Waals surface area contributed by atoms with Crippen molar-refractivity contribution in [3.63, 3.8) is 0 Å². The van der Waals surface area contributed by atoms with E-state index in [9.17, 15) is 4.79 Å². The number of anilines is 1. The van der Waals surface area contributed by atoms with Crippen molar-refractivity contribution in [2.24, 2.45) is 5.92 Å². The highest BCUT2D eigenvalue weighted by molar-refractivity contribution is 5.88. The Labute approximate surface area is 107 Å². The molecule has 2 N–H and O–H groups in total. The van der Waals surface area contributed by atoms with Crippen molar-refractivity contribution in [2.75, 3.05) is 5.32 Å². The van der Waals surface area contributed by atoms with E-state index in [1.807, 2.05) is 6.92 Å². The van der Waals surface area contributed by atoms with E-state index >= 15 is 0 Å². The van der Waals surface area contributed by atoms with Crippen LogP contribution in [0.3, 0.4) is 0 Å². The lowest BCUT2D eigenvalue weighted by Gasteiger charge is -2.14. The van der Waals surface area contributed by atoms with E-state index in [4.69, 9.17) is 5.11 Å². The molecule has 0 aromatic carbocycles. The van der Waals surface area contributed by atoms with Gasteiger partial charge in [0, 0.05) is 11.7 Å². The smallest absolute Gasteiger partial charge is 0.335 e. The molecule has 2 unspecified atom stereocenters. The minimum atomic E-state index is -0.894. The summed E-state index contributed by atoms with van der Waals surface area (Å²) in [6.07, 6.45) is 4.26. The van der Waals surface area contributed by atoms with Gasteiger partial charge in [-0.25, -0.2) is 9.78 Å². The van der Waals surface area contributed by atoms with Crippen molar-refractivity contribution >= 4 is 11.8 Å². The van der Waals surface area contributed by atoms with Crippen LogP contribution < -0.4 is 5.32 Å². The highest BCUT2D eigenvalue weighted by atomic mass is 16.4. The van der Waals surface area contributed by atoms with E-state index in [1.165, 1.54) is 6.42 Å². The maximum absolute atomic E-state index is 11.1. The lowest BCUT2D eigenvalue weighted by atomic mass is 10.1. The first-order valence-electron chi connectivity index (χ1n) is 6.59. The van der Waals surface area contributed by atoms with Crippen molar-refractivity contribution < 1.29 is 9.90 Å². The average Bonchev–Trinajstić information content (AvgIpc) is 2.74. The van der Waals surface area contributed by atoms with Gasteiger partial charge < -0.3 is 10.4 Å². The van der Waals surface area contributed by atoms with Crippen LogP contribution in [0.25, 0.3) is 0 Å². The highest BCUT2D eigenvalue weighted by Crippen LogP contribution is 2.27. The average molecular weight is 248 g/mol. The fraction of sp³-hybridized carbons (Fsp3) is 0.571. The predicted molar refractivity (Wildman–Crippen MR) is 71.0 cm³/mol. The van der Waals surface area contributed by atoms with Crippen molar-refractivity contribution in [1.29, 1.82) is 0 Å². The van der Waals surface area contributed by atoms with Crippen molar-refractivity contribution in [2.45, 2.75) is 45.6 Å². The summed E-state index contributed by atoms with van der Waals surface area (Å²) in [6.45, 7) is 4.23. The number of pyridine rings is 1. The molecule has 18 heavy (non-hydrogen) atoms. The van der Waals surface area contributed by atoms with Gasteiger partial charge in [0.1, 0.15) is 5.82 Å². The van der Waals surface area contributed by atoms with Crippen molar-refractivity contribution in [1.82, 2.24) is 4.98 Å². The number of nitrogens with one attached hydrogen (secondary N) is 1. The standard InChI is InChI=1S/C14H20N2O2/c1-3-11-7-10(14(17)18)8-13(15-11)16-12-5-4-9(2)6-12/h7-9,12H,3-6H2,1-2H3,(H,15,16)(H,17,18). The number of rotatable bonds is 4. The Morgan fingerprint density at radius 2 is 2.28 bits per heavy atom. The number of aromatic carboxylic acids is 1. The molecule has 2 atom stereocenters. The second-order valence-corrected chi connectivity index (χ2v) is 5.15. The number of aromatic nitrogens is 1. The van der Waals surface area contributed by atoms with E-state index in [2.05, 4.69) is 17.2 Å². The second kappa shape index (κ2) is 5.38. The van der Waals surface area contributed by atoms with Crippen LogP contribution in [0.15, 0.2) is 12.1 Å². The number of carboxylic acid groups (broad SMARTS) is 1. The third kappa shape index (κ3) is 3.00. The van der Waals surface area contributed by atoms with Gasteiger partial charge in [0.05, 0.1) is 5.56 Å². The van der Waals surface area contributed by atoms with Crippen LogP contribution in [-0.4, -0.2) is 22.1 Å². The predicted octanol–water partition coefficient (Wildman–Crippen LogP) is 2.94. The van der Waals surface area contributed by atoms with Crippen molar-refractivity contribution in [3.05, 3.63) is 23.4 Å². The normalized spacial score (nSPS) is 23.0. The molecule has 1 aromatic rings. The summed E-state index contributed by atoms with van der Waals surface area (Å²) in [5.74, 6) is 0.552. The molecule has 0 saturated heterocycles. The Balaban J connectivity index is 2.16. The summed E-state index contributed by atoms with van der Waals surface area (Å²) >= 11 is 0. The zero-order chi connectivity index (χ0) is 13.1. The summed E-state index contributed by atoms with van der Waals surface area (Å²) in [4.78, 5) is 15.5. The van der Waals surface area contributed by atoms with Crippen LogP contribution in [0.1, 0.15) is 49.2 Å². The summed E-state index contributed by atoms with van der Waals surface area (Å²) in [6, 6.07) is 3.70. The molecule has 98 valence electrons. The number of nitrogens with zero attached hydrogens (tertiary/aromatic N) is 1. The fourth-order valence-corrected chi connectivity index (χ4v) is 2.51. The summed E-state index contributed by atoms with van der Waals surface area (Å²) < 4.78 is 0. The second-order valence-electron chi connectivity index (χ2n) is 5.15. The van der Waals surface area contributed by atoms with Crippen LogP contribution in [0, 0.1) is 5.92 Å². The largest absolute Gasteiger partial charge is 0.478 e. The molecule has 1 saturated carbocycles. The van der Waals surface area contributed by atoms with Gasteiger partial charge in [-0.1, -0.05) is 13.8 Å². The van der Waals surface area contributed by atoms with Gasteiger partial charge in [-0.2, -0.15) is 0 Å². The molecule has 0 bridgehead atoms. The topological polar surface area (TPSA) is 62.2 Å². The van der Waals surface area contributed by atoms with Gasteiger partial charge in [0.25, 0.3) is 0 Å².